The second kappa shape index (κ2) is 11.7. The third-order valence-electron chi connectivity index (χ3n) is 5.36. The number of rotatable bonds is 10. The maximum Gasteiger partial charge on any atom is 0.189 e. The Morgan fingerprint density at radius 2 is 1.75 bits per heavy atom. The van der Waals surface area contributed by atoms with Gasteiger partial charge < -0.3 is 18.9 Å². The Balaban J connectivity index is 1.55. The molecule has 0 radical (unpaired) electrons. The maximum absolute atomic E-state index is 12.5. The number of ketones is 1. The van der Waals surface area contributed by atoms with Crippen molar-refractivity contribution in [3.05, 3.63) is 59.7 Å². The van der Waals surface area contributed by atoms with Gasteiger partial charge in [-0.05, 0) is 56.2 Å². The largest absolute Gasteiger partial charge is 0.496 e. The monoisotopic (exact) mass is 439 g/mol. The molecule has 1 aliphatic heterocycles. The molecule has 1 fully saturated rings. The first-order chi connectivity index (χ1) is 15.5. The molecule has 2 atom stereocenters. The van der Waals surface area contributed by atoms with Crippen LogP contribution in [0.1, 0.15) is 36.2 Å². The molecule has 6 heteroatoms. The Kier molecular flexibility index (Phi) is 8.71. The van der Waals surface area contributed by atoms with Gasteiger partial charge in [0.1, 0.15) is 5.75 Å². The molecule has 0 saturated carbocycles. The lowest BCUT2D eigenvalue weighted by Gasteiger charge is -2.35. The summed E-state index contributed by atoms with van der Waals surface area (Å²) in [5, 5.41) is 0. The van der Waals surface area contributed by atoms with Gasteiger partial charge in [-0.15, -0.1) is 0 Å². The average Bonchev–Trinajstić information content (AvgIpc) is 2.80. The van der Waals surface area contributed by atoms with Gasteiger partial charge in [-0.3, -0.25) is 9.69 Å². The van der Waals surface area contributed by atoms with Crippen molar-refractivity contribution >= 4 is 11.9 Å². The zero-order chi connectivity index (χ0) is 22.9. The van der Waals surface area contributed by atoms with Crippen LogP contribution in [0.15, 0.2) is 48.5 Å². The van der Waals surface area contributed by atoms with Crippen molar-refractivity contribution in [1.82, 2.24) is 4.90 Å². The zero-order valence-electron chi connectivity index (χ0n) is 19.4. The summed E-state index contributed by atoms with van der Waals surface area (Å²) in [6.07, 6.45) is 4.78. The van der Waals surface area contributed by atoms with Crippen molar-refractivity contribution < 1.29 is 23.7 Å². The second-order valence-electron chi connectivity index (χ2n) is 8.03. The lowest BCUT2D eigenvalue weighted by Crippen LogP contribution is -2.45. The van der Waals surface area contributed by atoms with Crippen molar-refractivity contribution in [3.8, 4) is 17.2 Å². The van der Waals surface area contributed by atoms with Crippen molar-refractivity contribution in [3.63, 3.8) is 0 Å². The van der Waals surface area contributed by atoms with Gasteiger partial charge in [0.05, 0.1) is 38.6 Å². The van der Waals surface area contributed by atoms with E-state index in [0.717, 1.165) is 31.6 Å². The Bertz CT molecular complexity index is 916. The third kappa shape index (κ3) is 6.58. The van der Waals surface area contributed by atoms with Gasteiger partial charge in [0.2, 0.25) is 0 Å². The van der Waals surface area contributed by atoms with Crippen LogP contribution in [0, 0.1) is 0 Å². The molecule has 2 aromatic rings. The van der Waals surface area contributed by atoms with Gasteiger partial charge in [0, 0.05) is 19.6 Å². The summed E-state index contributed by atoms with van der Waals surface area (Å²) in [5.74, 6) is 1.79. The molecule has 2 aromatic carbocycles. The van der Waals surface area contributed by atoms with Gasteiger partial charge in [-0.25, -0.2) is 0 Å². The number of nitrogens with zero attached hydrogens (tertiary/aromatic N) is 1. The van der Waals surface area contributed by atoms with Gasteiger partial charge >= 0.3 is 0 Å². The first-order valence-corrected chi connectivity index (χ1v) is 11.0. The number of hydrogen-bond acceptors (Lipinski definition) is 6. The maximum atomic E-state index is 12.5. The number of ether oxygens (including phenoxy) is 4. The van der Waals surface area contributed by atoms with Crippen molar-refractivity contribution in [2.75, 3.05) is 40.5 Å². The molecule has 0 amide bonds. The van der Waals surface area contributed by atoms with Crippen molar-refractivity contribution in [2.45, 2.75) is 32.5 Å². The van der Waals surface area contributed by atoms with E-state index in [1.54, 1.807) is 32.4 Å². The zero-order valence-corrected chi connectivity index (χ0v) is 19.4. The van der Waals surface area contributed by atoms with E-state index in [1.807, 2.05) is 30.3 Å². The van der Waals surface area contributed by atoms with Crippen molar-refractivity contribution in [2.24, 2.45) is 0 Å². The molecule has 0 bridgehead atoms. The normalized spacial score (nSPS) is 19.1. The molecule has 6 nitrogen and oxygen atoms in total. The molecule has 0 N–H and O–H groups in total. The molecular formula is C26H33NO5. The van der Waals surface area contributed by atoms with Crippen LogP contribution in [0.2, 0.25) is 0 Å². The van der Waals surface area contributed by atoms with Crippen LogP contribution in [0.4, 0.5) is 0 Å². The number of para-hydroxylation sites is 1. The number of morpholine rings is 1. The van der Waals surface area contributed by atoms with E-state index in [2.05, 4.69) is 18.7 Å². The lowest BCUT2D eigenvalue weighted by atomic mass is 10.1. The standard InChI is InChI=1S/C26H33NO5/c1-19-17-27(18-20(2)32-19)14-7-15-31-25-13-11-21(16-26(25)30-4)10-12-23(28)22-8-5-6-9-24(22)29-3/h5-6,8-13,16,19-20H,7,14-15,17-18H2,1-4H3/b12-10+. The fourth-order valence-corrected chi connectivity index (χ4v) is 3.95. The first kappa shape index (κ1) is 23.8. The van der Waals surface area contributed by atoms with Crippen LogP contribution in [0.3, 0.4) is 0 Å². The van der Waals surface area contributed by atoms with Crippen LogP contribution in [-0.2, 0) is 4.74 Å². The fourth-order valence-electron chi connectivity index (χ4n) is 3.95. The Morgan fingerprint density at radius 1 is 1.03 bits per heavy atom. The molecule has 3 rings (SSSR count). The number of methoxy groups -OCH3 is 2. The molecule has 1 saturated heterocycles. The van der Waals surface area contributed by atoms with Crippen LogP contribution >= 0.6 is 0 Å². The minimum Gasteiger partial charge on any atom is -0.496 e. The summed E-state index contributed by atoms with van der Waals surface area (Å²) in [5.41, 5.74) is 1.39. The number of hydrogen-bond donors (Lipinski definition) is 0. The molecule has 0 spiro atoms. The minimum atomic E-state index is -0.117. The van der Waals surface area contributed by atoms with E-state index in [1.165, 1.54) is 6.08 Å². The molecule has 1 heterocycles. The molecular weight excluding hydrogens is 406 g/mol. The number of benzene rings is 2. The molecule has 2 unspecified atom stereocenters. The number of carbonyl (C=O) groups excluding carboxylic acids is 1. The number of allylic oxidation sites excluding steroid dienone is 1. The molecule has 0 aliphatic carbocycles. The van der Waals surface area contributed by atoms with Gasteiger partial charge in [0.25, 0.3) is 0 Å². The Labute approximate surface area is 190 Å². The topological polar surface area (TPSA) is 57.2 Å². The quantitative estimate of drug-likeness (QED) is 0.309. The fraction of sp³-hybridized carbons (Fsp3) is 0.423. The van der Waals surface area contributed by atoms with Crippen molar-refractivity contribution in [1.29, 1.82) is 0 Å². The van der Waals surface area contributed by atoms with Crippen LogP contribution in [0.25, 0.3) is 6.08 Å². The van der Waals surface area contributed by atoms with E-state index in [0.29, 0.717) is 29.4 Å². The first-order valence-electron chi connectivity index (χ1n) is 11.0. The van der Waals surface area contributed by atoms with Crippen LogP contribution in [-0.4, -0.2) is 63.4 Å². The highest BCUT2D eigenvalue weighted by Gasteiger charge is 2.21. The summed E-state index contributed by atoms with van der Waals surface area (Å²) in [6.45, 7) is 7.74. The van der Waals surface area contributed by atoms with E-state index in [9.17, 15) is 4.79 Å². The van der Waals surface area contributed by atoms with Gasteiger partial charge in [0.15, 0.2) is 17.3 Å². The minimum absolute atomic E-state index is 0.117. The highest BCUT2D eigenvalue weighted by atomic mass is 16.5. The highest BCUT2D eigenvalue weighted by Crippen LogP contribution is 2.29. The SMILES string of the molecule is COc1cc(/C=C/C(=O)c2ccccc2OC)ccc1OCCCN1CC(C)OC(C)C1. The summed E-state index contributed by atoms with van der Waals surface area (Å²) in [7, 11) is 3.17. The smallest absolute Gasteiger partial charge is 0.189 e. The third-order valence-corrected chi connectivity index (χ3v) is 5.36. The Hall–Kier alpha value is -2.83. The van der Waals surface area contributed by atoms with Gasteiger partial charge in [-0.1, -0.05) is 24.3 Å². The molecule has 0 aromatic heterocycles. The average molecular weight is 440 g/mol. The predicted molar refractivity (Wildman–Crippen MR) is 126 cm³/mol. The summed E-state index contributed by atoms with van der Waals surface area (Å²) >= 11 is 0. The highest BCUT2D eigenvalue weighted by molar-refractivity contribution is 6.08. The van der Waals surface area contributed by atoms with Crippen LogP contribution in [0.5, 0.6) is 17.2 Å². The predicted octanol–water partition coefficient (Wildman–Crippen LogP) is 4.48. The van der Waals surface area contributed by atoms with Gasteiger partial charge in [-0.2, -0.15) is 0 Å². The number of carbonyl (C=O) groups is 1. The molecule has 172 valence electrons. The van der Waals surface area contributed by atoms with E-state index in [-0.39, 0.29) is 18.0 Å². The summed E-state index contributed by atoms with van der Waals surface area (Å²) < 4.78 is 22.5. The van der Waals surface area contributed by atoms with E-state index < -0.39 is 0 Å². The molecule has 32 heavy (non-hydrogen) atoms. The Morgan fingerprint density at radius 3 is 2.47 bits per heavy atom. The molecule has 1 aliphatic rings. The lowest BCUT2D eigenvalue weighted by molar-refractivity contribution is -0.0686. The second-order valence-corrected chi connectivity index (χ2v) is 8.03. The van der Waals surface area contributed by atoms with E-state index >= 15 is 0 Å². The van der Waals surface area contributed by atoms with E-state index in [4.69, 9.17) is 18.9 Å². The summed E-state index contributed by atoms with van der Waals surface area (Å²) in [4.78, 5) is 15.0. The summed E-state index contributed by atoms with van der Waals surface area (Å²) in [6, 6.07) is 12.8. The van der Waals surface area contributed by atoms with Crippen LogP contribution < -0.4 is 14.2 Å².